The molecule has 0 saturated carbocycles. The van der Waals surface area contributed by atoms with Crippen molar-refractivity contribution in [3.63, 3.8) is 0 Å². The fourth-order valence-electron chi connectivity index (χ4n) is 4.28. The quantitative estimate of drug-likeness (QED) is 0.850. The molecule has 1 aromatic carbocycles. The minimum Gasteiger partial charge on any atom is -0.356 e. The van der Waals surface area contributed by atoms with E-state index in [0.29, 0.717) is 0 Å². The summed E-state index contributed by atoms with van der Waals surface area (Å²) in [6, 6.07) is 8.62. The number of aryl methyl sites for hydroxylation is 1. The van der Waals surface area contributed by atoms with Gasteiger partial charge in [0.15, 0.2) is 0 Å². The summed E-state index contributed by atoms with van der Waals surface area (Å²) in [6.45, 7) is 8.52. The standard InChI is InChI=1S/C22H35N3O/c1-18-5-3-4-6-21(18)17-25-15-10-20(11-16-25)22(26)23-12-7-19-8-13-24(2)14-9-19/h3-6,19-20H,7-17H2,1-2H3,(H,23,26). The molecule has 144 valence electrons. The summed E-state index contributed by atoms with van der Waals surface area (Å²) in [6.07, 6.45) is 5.69. The van der Waals surface area contributed by atoms with Crippen molar-refractivity contribution in [2.45, 2.75) is 45.6 Å². The maximum absolute atomic E-state index is 12.5. The monoisotopic (exact) mass is 357 g/mol. The summed E-state index contributed by atoms with van der Waals surface area (Å²) in [4.78, 5) is 17.4. The second-order valence-electron chi connectivity index (χ2n) is 8.30. The van der Waals surface area contributed by atoms with E-state index in [0.717, 1.165) is 51.4 Å². The zero-order valence-electron chi connectivity index (χ0n) is 16.5. The molecule has 1 aromatic rings. The van der Waals surface area contributed by atoms with Gasteiger partial charge >= 0.3 is 0 Å². The molecule has 1 N–H and O–H groups in total. The van der Waals surface area contributed by atoms with Gasteiger partial charge in [0, 0.05) is 19.0 Å². The van der Waals surface area contributed by atoms with Crippen molar-refractivity contribution in [1.82, 2.24) is 15.1 Å². The predicted molar refractivity (Wildman–Crippen MR) is 107 cm³/mol. The molecule has 3 rings (SSSR count). The molecular weight excluding hydrogens is 322 g/mol. The van der Waals surface area contributed by atoms with Crippen LogP contribution in [0.2, 0.25) is 0 Å². The summed E-state index contributed by atoms with van der Waals surface area (Å²) in [5.74, 6) is 1.29. The fraction of sp³-hybridized carbons (Fsp3) is 0.682. The number of piperidine rings is 2. The molecule has 4 nitrogen and oxygen atoms in total. The number of nitrogens with one attached hydrogen (secondary N) is 1. The number of rotatable bonds is 6. The molecule has 0 atom stereocenters. The van der Waals surface area contributed by atoms with Crippen LogP contribution in [-0.2, 0) is 11.3 Å². The average molecular weight is 358 g/mol. The van der Waals surface area contributed by atoms with Crippen molar-refractivity contribution in [3.05, 3.63) is 35.4 Å². The second-order valence-corrected chi connectivity index (χ2v) is 8.30. The zero-order chi connectivity index (χ0) is 18.4. The molecule has 2 aliphatic heterocycles. The van der Waals surface area contributed by atoms with Gasteiger partial charge in [0.05, 0.1) is 0 Å². The Hall–Kier alpha value is -1.39. The van der Waals surface area contributed by atoms with Gasteiger partial charge in [0.25, 0.3) is 0 Å². The first-order valence-corrected chi connectivity index (χ1v) is 10.3. The summed E-state index contributed by atoms with van der Waals surface area (Å²) in [7, 11) is 2.20. The minimum atomic E-state index is 0.209. The summed E-state index contributed by atoms with van der Waals surface area (Å²) >= 11 is 0. The zero-order valence-corrected chi connectivity index (χ0v) is 16.5. The van der Waals surface area contributed by atoms with Crippen LogP contribution in [-0.4, -0.2) is 55.5 Å². The first kappa shape index (κ1) is 19.4. The predicted octanol–water partition coefficient (Wildman–Crippen LogP) is 3.06. The lowest BCUT2D eigenvalue weighted by atomic mass is 9.93. The number of benzene rings is 1. The molecule has 0 bridgehead atoms. The molecule has 2 fully saturated rings. The number of hydrogen-bond acceptors (Lipinski definition) is 3. The van der Waals surface area contributed by atoms with E-state index in [1.165, 1.54) is 37.1 Å². The molecule has 2 saturated heterocycles. The van der Waals surface area contributed by atoms with Gasteiger partial charge in [-0.25, -0.2) is 0 Å². The van der Waals surface area contributed by atoms with Gasteiger partial charge < -0.3 is 10.2 Å². The maximum Gasteiger partial charge on any atom is 0.223 e. The largest absolute Gasteiger partial charge is 0.356 e. The lowest BCUT2D eigenvalue weighted by molar-refractivity contribution is -0.126. The van der Waals surface area contributed by atoms with E-state index in [4.69, 9.17) is 0 Å². The van der Waals surface area contributed by atoms with Crippen LogP contribution in [0.5, 0.6) is 0 Å². The SMILES string of the molecule is Cc1ccccc1CN1CCC(C(=O)NCCC2CCN(C)CC2)CC1. The van der Waals surface area contributed by atoms with Crippen LogP contribution < -0.4 is 5.32 Å². The molecule has 2 aliphatic rings. The van der Waals surface area contributed by atoms with E-state index >= 15 is 0 Å². The third-order valence-electron chi connectivity index (χ3n) is 6.30. The number of hydrogen-bond donors (Lipinski definition) is 1. The minimum absolute atomic E-state index is 0.209. The Bertz CT molecular complexity index is 573. The number of amides is 1. The van der Waals surface area contributed by atoms with E-state index < -0.39 is 0 Å². The number of carbonyl (C=O) groups is 1. The lowest BCUT2D eigenvalue weighted by Gasteiger charge is -2.32. The topological polar surface area (TPSA) is 35.6 Å². The Kier molecular flexibility index (Phi) is 7.09. The van der Waals surface area contributed by atoms with Crippen molar-refractivity contribution in [3.8, 4) is 0 Å². The normalized spacial score (nSPS) is 21.0. The Morgan fingerprint density at radius 2 is 1.77 bits per heavy atom. The van der Waals surface area contributed by atoms with Crippen molar-refractivity contribution in [2.75, 3.05) is 39.8 Å². The van der Waals surface area contributed by atoms with Gasteiger partial charge in [-0.2, -0.15) is 0 Å². The molecule has 4 heteroatoms. The molecular formula is C22H35N3O. The highest BCUT2D eigenvalue weighted by Gasteiger charge is 2.25. The first-order valence-electron chi connectivity index (χ1n) is 10.3. The van der Waals surface area contributed by atoms with Crippen LogP contribution in [0.4, 0.5) is 0 Å². The molecule has 1 amide bonds. The average Bonchev–Trinajstić information content (AvgIpc) is 2.66. The number of likely N-dealkylation sites (tertiary alicyclic amines) is 2. The van der Waals surface area contributed by atoms with Gasteiger partial charge in [0.2, 0.25) is 5.91 Å². The van der Waals surface area contributed by atoms with E-state index in [1.807, 2.05) is 0 Å². The van der Waals surface area contributed by atoms with Gasteiger partial charge in [0.1, 0.15) is 0 Å². The van der Waals surface area contributed by atoms with Gasteiger partial charge in [-0.15, -0.1) is 0 Å². The molecule has 2 heterocycles. The highest BCUT2D eigenvalue weighted by atomic mass is 16.1. The first-order chi connectivity index (χ1) is 12.6. The molecule has 0 aliphatic carbocycles. The Morgan fingerprint density at radius 3 is 2.46 bits per heavy atom. The smallest absolute Gasteiger partial charge is 0.223 e. The van der Waals surface area contributed by atoms with Crippen molar-refractivity contribution < 1.29 is 4.79 Å². The Balaban J connectivity index is 1.34. The summed E-state index contributed by atoms with van der Waals surface area (Å²) < 4.78 is 0. The van der Waals surface area contributed by atoms with Crippen molar-refractivity contribution in [2.24, 2.45) is 11.8 Å². The fourth-order valence-corrected chi connectivity index (χ4v) is 4.28. The Morgan fingerprint density at radius 1 is 1.08 bits per heavy atom. The molecule has 0 spiro atoms. The van der Waals surface area contributed by atoms with Gasteiger partial charge in [-0.05, 0) is 89.3 Å². The third-order valence-corrected chi connectivity index (χ3v) is 6.30. The Labute approximate surface area is 158 Å². The molecule has 26 heavy (non-hydrogen) atoms. The van der Waals surface area contributed by atoms with E-state index in [-0.39, 0.29) is 11.8 Å². The van der Waals surface area contributed by atoms with E-state index in [2.05, 4.69) is 53.4 Å². The van der Waals surface area contributed by atoms with Gasteiger partial charge in [-0.1, -0.05) is 24.3 Å². The van der Waals surface area contributed by atoms with Crippen LogP contribution in [0.1, 0.15) is 43.2 Å². The second kappa shape index (κ2) is 9.52. The van der Waals surface area contributed by atoms with Crippen LogP contribution in [0.3, 0.4) is 0 Å². The highest BCUT2D eigenvalue weighted by molar-refractivity contribution is 5.78. The van der Waals surface area contributed by atoms with Crippen molar-refractivity contribution >= 4 is 5.91 Å². The molecule has 0 radical (unpaired) electrons. The number of nitrogens with zero attached hydrogens (tertiary/aromatic N) is 2. The van der Waals surface area contributed by atoms with Crippen molar-refractivity contribution in [1.29, 1.82) is 0 Å². The number of carbonyl (C=O) groups excluding carboxylic acids is 1. The maximum atomic E-state index is 12.5. The molecule has 0 aromatic heterocycles. The van der Waals surface area contributed by atoms with E-state index in [1.54, 1.807) is 0 Å². The van der Waals surface area contributed by atoms with Crippen LogP contribution in [0.15, 0.2) is 24.3 Å². The van der Waals surface area contributed by atoms with Crippen LogP contribution in [0, 0.1) is 18.8 Å². The third kappa shape index (κ3) is 5.55. The highest BCUT2D eigenvalue weighted by Crippen LogP contribution is 2.21. The van der Waals surface area contributed by atoms with E-state index in [9.17, 15) is 4.79 Å². The summed E-state index contributed by atoms with van der Waals surface area (Å²) in [5, 5.41) is 3.21. The van der Waals surface area contributed by atoms with Crippen LogP contribution >= 0.6 is 0 Å². The molecule has 0 unspecified atom stereocenters. The summed E-state index contributed by atoms with van der Waals surface area (Å²) in [5.41, 5.74) is 2.77. The lowest BCUT2D eigenvalue weighted by Crippen LogP contribution is -2.41. The van der Waals surface area contributed by atoms with Crippen LogP contribution in [0.25, 0.3) is 0 Å². The van der Waals surface area contributed by atoms with Gasteiger partial charge in [-0.3, -0.25) is 9.69 Å².